The Balaban J connectivity index is 1.84. The lowest BCUT2D eigenvalue weighted by Gasteiger charge is -2.36. The van der Waals surface area contributed by atoms with Crippen molar-refractivity contribution in [2.24, 2.45) is 17.3 Å². The zero-order chi connectivity index (χ0) is 14.8. The molecule has 3 heteroatoms. The molecule has 116 valence electrons. The number of carbonyl (C=O) groups is 1. The molecule has 0 spiro atoms. The molecule has 20 heavy (non-hydrogen) atoms. The SMILES string of the molecule is CC(C)(C)C1CCCC(N2CCC(C(=O)O)CC2)CC1. The molecule has 1 heterocycles. The summed E-state index contributed by atoms with van der Waals surface area (Å²) in [5, 5.41) is 9.09. The van der Waals surface area contributed by atoms with Crippen LogP contribution in [0.2, 0.25) is 0 Å². The van der Waals surface area contributed by atoms with Crippen LogP contribution in [0.15, 0.2) is 0 Å². The third-order valence-corrected chi connectivity index (χ3v) is 5.56. The van der Waals surface area contributed by atoms with E-state index in [2.05, 4.69) is 25.7 Å². The summed E-state index contributed by atoms with van der Waals surface area (Å²) < 4.78 is 0. The number of carboxylic acid groups (broad SMARTS) is 1. The molecule has 3 nitrogen and oxygen atoms in total. The number of rotatable bonds is 2. The molecule has 1 N–H and O–H groups in total. The van der Waals surface area contributed by atoms with Gasteiger partial charge in [-0.05, 0) is 62.9 Å². The van der Waals surface area contributed by atoms with Gasteiger partial charge in [0.25, 0.3) is 0 Å². The fraction of sp³-hybridized carbons (Fsp3) is 0.941. The number of nitrogens with zero attached hydrogens (tertiary/aromatic N) is 1. The second-order valence-electron chi connectivity index (χ2n) is 7.87. The van der Waals surface area contributed by atoms with E-state index in [4.69, 9.17) is 5.11 Å². The third-order valence-electron chi connectivity index (χ3n) is 5.56. The van der Waals surface area contributed by atoms with Crippen LogP contribution in [0.25, 0.3) is 0 Å². The maximum Gasteiger partial charge on any atom is 0.306 e. The maximum absolute atomic E-state index is 11.0. The van der Waals surface area contributed by atoms with Crippen LogP contribution in [0.3, 0.4) is 0 Å². The van der Waals surface area contributed by atoms with Gasteiger partial charge in [-0.2, -0.15) is 0 Å². The van der Waals surface area contributed by atoms with Crippen LogP contribution in [-0.4, -0.2) is 35.1 Å². The number of hydrogen-bond acceptors (Lipinski definition) is 2. The van der Waals surface area contributed by atoms with Gasteiger partial charge >= 0.3 is 5.97 Å². The first kappa shape index (κ1) is 15.8. The predicted octanol–water partition coefficient (Wildman–Crippen LogP) is 3.78. The number of piperidine rings is 1. The van der Waals surface area contributed by atoms with Crippen LogP contribution in [0.5, 0.6) is 0 Å². The smallest absolute Gasteiger partial charge is 0.306 e. The quantitative estimate of drug-likeness (QED) is 0.783. The van der Waals surface area contributed by atoms with Crippen molar-refractivity contribution in [1.82, 2.24) is 4.90 Å². The lowest BCUT2D eigenvalue weighted by Crippen LogP contribution is -2.42. The van der Waals surface area contributed by atoms with Crippen molar-refractivity contribution in [2.75, 3.05) is 13.1 Å². The van der Waals surface area contributed by atoms with Crippen molar-refractivity contribution in [3.05, 3.63) is 0 Å². The molecular formula is C17H31NO2. The Bertz CT molecular complexity index is 326. The Morgan fingerprint density at radius 1 is 1.00 bits per heavy atom. The Hall–Kier alpha value is -0.570. The first-order chi connectivity index (χ1) is 9.38. The van der Waals surface area contributed by atoms with Gasteiger partial charge in [-0.1, -0.05) is 27.2 Å². The predicted molar refractivity (Wildman–Crippen MR) is 81.8 cm³/mol. The van der Waals surface area contributed by atoms with Crippen molar-refractivity contribution in [3.63, 3.8) is 0 Å². The van der Waals surface area contributed by atoms with Gasteiger partial charge in [0, 0.05) is 6.04 Å². The summed E-state index contributed by atoms with van der Waals surface area (Å²) in [6, 6.07) is 0.706. The minimum Gasteiger partial charge on any atom is -0.481 e. The van der Waals surface area contributed by atoms with Crippen molar-refractivity contribution in [3.8, 4) is 0 Å². The normalized spacial score (nSPS) is 30.9. The van der Waals surface area contributed by atoms with Gasteiger partial charge in [-0.3, -0.25) is 4.79 Å². The van der Waals surface area contributed by atoms with Gasteiger partial charge in [0.15, 0.2) is 0 Å². The van der Waals surface area contributed by atoms with Crippen LogP contribution in [0.1, 0.15) is 65.7 Å². The molecule has 1 aliphatic heterocycles. The average molecular weight is 281 g/mol. The standard InChI is InChI=1S/C17H31NO2/c1-17(2,3)14-5-4-6-15(8-7-14)18-11-9-13(10-12-18)16(19)20/h13-15H,4-12H2,1-3H3,(H,19,20). The minimum absolute atomic E-state index is 0.0978. The molecule has 0 bridgehead atoms. The molecule has 2 fully saturated rings. The molecule has 0 aromatic heterocycles. The zero-order valence-corrected chi connectivity index (χ0v) is 13.4. The fourth-order valence-electron chi connectivity index (χ4n) is 4.02. The van der Waals surface area contributed by atoms with Gasteiger partial charge < -0.3 is 10.0 Å². The molecule has 0 aromatic rings. The Labute approximate surface area is 123 Å². The monoisotopic (exact) mass is 281 g/mol. The van der Waals surface area contributed by atoms with Crippen molar-refractivity contribution >= 4 is 5.97 Å². The van der Waals surface area contributed by atoms with Gasteiger partial charge in [0.2, 0.25) is 0 Å². The molecule has 0 radical (unpaired) electrons. The molecule has 0 aromatic carbocycles. The van der Waals surface area contributed by atoms with E-state index in [0.717, 1.165) is 31.8 Å². The lowest BCUT2D eigenvalue weighted by molar-refractivity contribution is -0.143. The highest BCUT2D eigenvalue weighted by Crippen LogP contribution is 2.38. The van der Waals surface area contributed by atoms with Crippen LogP contribution < -0.4 is 0 Å². The van der Waals surface area contributed by atoms with Gasteiger partial charge in [0.1, 0.15) is 0 Å². The molecule has 0 amide bonds. The average Bonchev–Trinajstić information content (AvgIpc) is 2.64. The van der Waals surface area contributed by atoms with Gasteiger partial charge in [0.05, 0.1) is 5.92 Å². The molecule has 2 rings (SSSR count). The summed E-state index contributed by atoms with van der Waals surface area (Å²) in [6.45, 7) is 9.09. The van der Waals surface area contributed by atoms with Gasteiger partial charge in [-0.15, -0.1) is 0 Å². The highest BCUT2D eigenvalue weighted by Gasteiger charge is 2.32. The maximum atomic E-state index is 11.0. The summed E-state index contributed by atoms with van der Waals surface area (Å²) in [4.78, 5) is 13.6. The van der Waals surface area contributed by atoms with E-state index in [1.807, 2.05) is 0 Å². The number of likely N-dealkylation sites (tertiary alicyclic amines) is 1. The van der Waals surface area contributed by atoms with Crippen LogP contribution in [-0.2, 0) is 4.79 Å². The molecule has 2 aliphatic rings. The van der Waals surface area contributed by atoms with Gasteiger partial charge in [-0.25, -0.2) is 0 Å². The second-order valence-corrected chi connectivity index (χ2v) is 7.87. The van der Waals surface area contributed by atoms with Crippen LogP contribution >= 0.6 is 0 Å². The first-order valence-electron chi connectivity index (χ1n) is 8.35. The second kappa shape index (κ2) is 6.46. The molecule has 1 saturated carbocycles. The third kappa shape index (κ3) is 3.97. The number of hydrogen-bond donors (Lipinski definition) is 1. The summed E-state index contributed by atoms with van der Waals surface area (Å²) in [7, 11) is 0. The van der Waals surface area contributed by atoms with Crippen molar-refractivity contribution in [1.29, 1.82) is 0 Å². The van der Waals surface area contributed by atoms with E-state index >= 15 is 0 Å². The largest absolute Gasteiger partial charge is 0.481 e. The fourth-order valence-corrected chi connectivity index (χ4v) is 4.02. The molecule has 2 unspecified atom stereocenters. The van der Waals surface area contributed by atoms with E-state index in [0.29, 0.717) is 11.5 Å². The summed E-state index contributed by atoms with van der Waals surface area (Å²) in [5.41, 5.74) is 0.436. The topological polar surface area (TPSA) is 40.5 Å². The highest BCUT2D eigenvalue weighted by molar-refractivity contribution is 5.70. The summed E-state index contributed by atoms with van der Waals surface area (Å²) in [6.07, 6.45) is 8.34. The zero-order valence-electron chi connectivity index (χ0n) is 13.4. The van der Waals surface area contributed by atoms with E-state index in [9.17, 15) is 4.79 Å². The van der Waals surface area contributed by atoms with Crippen molar-refractivity contribution in [2.45, 2.75) is 71.8 Å². The van der Waals surface area contributed by atoms with E-state index < -0.39 is 5.97 Å². The van der Waals surface area contributed by atoms with Crippen molar-refractivity contribution < 1.29 is 9.90 Å². The number of aliphatic carboxylic acids is 1. The highest BCUT2D eigenvalue weighted by atomic mass is 16.4. The van der Waals surface area contributed by atoms with E-state index in [-0.39, 0.29) is 5.92 Å². The Kier molecular flexibility index (Phi) is 5.11. The van der Waals surface area contributed by atoms with E-state index in [1.165, 1.54) is 32.1 Å². The Morgan fingerprint density at radius 2 is 1.65 bits per heavy atom. The van der Waals surface area contributed by atoms with Crippen LogP contribution in [0, 0.1) is 17.3 Å². The van der Waals surface area contributed by atoms with Crippen LogP contribution in [0.4, 0.5) is 0 Å². The molecule has 1 saturated heterocycles. The summed E-state index contributed by atoms with van der Waals surface area (Å²) in [5.74, 6) is 0.154. The summed E-state index contributed by atoms with van der Waals surface area (Å²) >= 11 is 0. The minimum atomic E-state index is -0.599. The van der Waals surface area contributed by atoms with E-state index in [1.54, 1.807) is 0 Å². The number of carboxylic acids is 1. The Morgan fingerprint density at radius 3 is 2.20 bits per heavy atom. The lowest BCUT2D eigenvalue weighted by atomic mass is 9.76. The molecule has 1 aliphatic carbocycles. The molecule has 2 atom stereocenters. The first-order valence-corrected chi connectivity index (χ1v) is 8.35. The molecular weight excluding hydrogens is 250 g/mol.